The third-order valence-electron chi connectivity index (χ3n) is 4.16. The molecular weight excluding hydrogens is 282 g/mol. The average molecular weight is 305 g/mol. The van der Waals surface area contributed by atoms with Crippen molar-refractivity contribution in [2.45, 2.75) is 49.1 Å². The Kier molecular flexibility index (Phi) is 4.55. The van der Waals surface area contributed by atoms with Gasteiger partial charge in [0.05, 0.1) is 6.61 Å². The fourth-order valence-corrected chi connectivity index (χ4v) is 3.88. The Hall–Kier alpha value is -1.00. The molecule has 0 aliphatic heterocycles. The van der Waals surface area contributed by atoms with Crippen LogP contribution in [-0.2, 0) is 9.53 Å². The third kappa shape index (κ3) is 3.61. The first-order chi connectivity index (χ1) is 10.2. The first-order valence-electron chi connectivity index (χ1n) is 7.87. The van der Waals surface area contributed by atoms with Crippen LogP contribution in [0.4, 0.5) is 0 Å². The molecule has 4 heteroatoms. The van der Waals surface area contributed by atoms with E-state index in [1.807, 2.05) is 25.1 Å². The molecule has 0 heterocycles. The van der Waals surface area contributed by atoms with E-state index in [0.29, 0.717) is 18.6 Å². The molecule has 2 fully saturated rings. The van der Waals surface area contributed by atoms with Gasteiger partial charge < -0.3 is 4.74 Å². The molecular formula is C17H23NO2S. The summed E-state index contributed by atoms with van der Waals surface area (Å²) >= 11 is 1.76. The van der Waals surface area contributed by atoms with Crippen molar-refractivity contribution < 1.29 is 9.53 Å². The van der Waals surface area contributed by atoms with E-state index >= 15 is 0 Å². The predicted molar refractivity (Wildman–Crippen MR) is 85.4 cm³/mol. The Labute approximate surface area is 130 Å². The van der Waals surface area contributed by atoms with E-state index in [1.54, 1.807) is 11.8 Å². The molecule has 1 aromatic rings. The third-order valence-corrected chi connectivity index (χ3v) is 5.37. The number of carbonyl (C=O) groups is 1. The van der Waals surface area contributed by atoms with Crippen molar-refractivity contribution in [2.24, 2.45) is 5.92 Å². The van der Waals surface area contributed by atoms with Crippen molar-refractivity contribution in [3.05, 3.63) is 30.3 Å². The second kappa shape index (κ2) is 6.41. The van der Waals surface area contributed by atoms with Crippen LogP contribution < -0.4 is 5.32 Å². The molecule has 3 rings (SSSR count). The molecule has 114 valence electrons. The number of nitrogens with one attached hydrogen (secondary N) is 1. The molecule has 0 bridgehead atoms. The van der Waals surface area contributed by atoms with Gasteiger partial charge in [0, 0.05) is 16.7 Å². The van der Waals surface area contributed by atoms with Crippen molar-refractivity contribution in [3.8, 4) is 0 Å². The van der Waals surface area contributed by atoms with Crippen LogP contribution in [-0.4, -0.2) is 29.9 Å². The fraction of sp³-hybridized carbons (Fsp3) is 0.588. The molecule has 1 atom stereocenters. The maximum Gasteiger partial charge on any atom is 0.327 e. The van der Waals surface area contributed by atoms with Crippen molar-refractivity contribution in [2.75, 3.05) is 12.4 Å². The summed E-state index contributed by atoms with van der Waals surface area (Å²) < 4.78 is 5.41. The molecule has 0 radical (unpaired) electrons. The highest BCUT2D eigenvalue weighted by Gasteiger charge is 2.53. The van der Waals surface area contributed by atoms with Crippen LogP contribution in [0.3, 0.4) is 0 Å². The van der Waals surface area contributed by atoms with E-state index in [0.717, 1.165) is 18.6 Å². The number of ether oxygens (including phenoxy) is 1. The van der Waals surface area contributed by atoms with Crippen molar-refractivity contribution in [1.29, 1.82) is 0 Å². The number of thioether (sulfide) groups is 1. The summed E-state index contributed by atoms with van der Waals surface area (Å²) in [4.78, 5) is 13.8. The van der Waals surface area contributed by atoms with Crippen LogP contribution in [0, 0.1) is 5.92 Å². The van der Waals surface area contributed by atoms with Gasteiger partial charge in [0.2, 0.25) is 0 Å². The lowest BCUT2D eigenvalue weighted by Crippen LogP contribution is -2.58. The molecule has 0 amide bonds. The van der Waals surface area contributed by atoms with E-state index in [4.69, 9.17) is 4.74 Å². The number of esters is 1. The number of rotatable bonds is 8. The van der Waals surface area contributed by atoms with Gasteiger partial charge in [-0.2, -0.15) is 0 Å². The molecule has 2 aliphatic rings. The minimum Gasteiger partial charge on any atom is -0.465 e. The van der Waals surface area contributed by atoms with Crippen molar-refractivity contribution in [1.82, 2.24) is 5.32 Å². The minimum atomic E-state index is -0.488. The van der Waals surface area contributed by atoms with Gasteiger partial charge in [-0.1, -0.05) is 18.2 Å². The molecule has 0 saturated heterocycles. The van der Waals surface area contributed by atoms with Crippen molar-refractivity contribution in [3.63, 3.8) is 0 Å². The van der Waals surface area contributed by atoms with Gasteiger partial charge in [-0.05, 0) is 50.7 Å². The number of benzene rings is 1. The van der Waals surface area contributed by atoms with Crippen LogP contribution in [0.5, 0.6) is 0 Å². The molecule has 1 unspecified atom stereocenters. The zero-order chi connectivity index (χ0) is 14.7. The lowest BCUT2D eigenvalue weighted by molar-refractivity contribution is -0.151. The van der Waals surface area contributed by atoms with Gasteiger partial charge in [-0.15, -0.1) is 11.8 Å². The molecule has 2 aliphatic carbocycles. The monoisotopic (exact) mass is 305 g/mol. The van der Waals surface area contributed by atoms with Crippen LogP contribution in [0.1, 0.15) is 32.6 Å². The van der Waals surface area contributed by atoms with Crippen molar-refractivity contribution >= 4 is 17.7 Å². The topological polar surface area (TPSA) is 38.3 Å². The van der Waals surface area contributed by atoms with Gasteiger partial charge >= 0.3 is 5.97 Å². The Morgan fingerprint density at radius 2 is 2.00 bits per heavy atom. The van der Waals surface area contributed by atoms with E-state index < -0.39 is 5.54 Å². The lowest BCUT2D eigenvalue weighted by Gasteiger charge is -2.32. The molecule has 21 heavy (non-hydrogen) atoms. The van der Waals surface area contributed by atoms with E-state index in [1.165, 1.54) is 17.7 Å². The molecule has 2 saturated carbocycles. The number of hydrogen-bond acceptors (Lipinski definition) is 4. The van der Waals surface area contributed by atoms with Gasteiger partial charge in [0.15, 0.2) is 0 Å². The Morgan fingerprint density at radius 1 is 1.29 bits per heavy atom. The number of hydrogen-bond donors (Lipinski definition) is 1. The number of carbonyl (C=O) groups excluding carboxylic acids is 1. The average Bonchev–Trinajstić information content (AvgIpc) is 3.38. The largest absolute Gasteiger partial charge is 0.465 e. The smallest absolute Gasteiger partial charge is 0.327 e. The van der Waals surface area contributed by atoms with Crippen LogP contribution in [0.15, 0.2) is 35.2 Å². The summed E-state index contributed by atoms with van der Waals surface area (Å²) in [5.74, 6) is 1.15. The van der Waals surface area contributed by atoms with E-state index in [-0.39, 0.29) is 5.97 Å². The Bertz CT molecular complexity index is 485. The maximum atomic E-state index is 12.6. The first-order valence-corrected chi connectivity index (χ1v) is 8.86. The Morgan fingerprint density at radius 3 is 2.57 bits per heavy atom. The van der Waals surface area contributed by atoms with E-state index in [2.05, 4.69) is 17.4 Å². The summed E-state index contributed by atoms with van der Waals surface area (Å²) in [6.45, 7) is 2.34. The van der Waals surface area contributed by atoms with Gasteiger partial charge in [0.25, 0.3) is 0 Å². The maximum absolute atomic E-state index is 12.6. The quantitative estimate of drug-likeness (QED) is 0.591. The zero-order valence-electron chi connectivity index (χ0n) is 12.5. The summed E-state index contributed by atoms with van der Waals surface area (Å²) in [6, 6.07) is 10.8. The van der Waals surface area contributed by atoms with Crippen LogP contribution >= 0.6 is 11.8 Å². The normalized spacial score (nSPS) is 20.8. The highest BCUT2D eigenvalue weighted by atomic mass is 32.2. The van der Waals surface area contributed by atoms with Crippen LogP contribution in [0.2, 0.25) is 0 Å². The van der Waals surface area contributed by atoms with Gasteiger partial charge in [-0.3, -0.25) is 10.1 Å². The molecule has 0 spiro atoms. The SMILES string of the molecule is CCOC(=O)C(CSc1ccccc1)(NC1CC1)C1CC1. The zero-order valence-corrected chi connectivity index (χ0v) is 13.3. The second-order valence-electron chi connectivity index (χ2n) is 5.99. The second-order valence-corrected chi connectivity index (χ2v) is 7.04. The summed E-state index contributed by atoms with van der Waals surface area (Å²) in [7, 11) is 0. The summed E-state index contributed by atoms with van der Waals surface area (Å²) in [5, 5.41) is 3.63. The molecule has 1 aromatic carbocycles. The summed E-state index contributed by atoms with van der Waals surface area (Å²) in [6.07, 6.45) is 4.63. The summed E-state index contributed by atoms with van der Waals surface area (Å²) in [5.41, 5.74) is -0.488. The Balaban J connectivity index is 1.74. The highest BCUT2D eigenvalue weighted by Crippen LogP contribution is 2.44. The fourth-order valence-electron chi connectivity index (χ4n) is 2.70. The van der Waals surface area contributed by atoms with Crippen LogP contribution in [0.25, 0.3) is 0 Å². The van der Waals surface area contributed by atoms with Gasteiger partial charge in [0.1, 0.15) is 5.54 Å². The standard InChI is InChI=1S/C17H23NO2S/c1-2-20-16(19)17(13-8-9-13,18-14-10-11-14)12-21-15-6-4-3-5-7-15/h3-7,13-14,18H,2,8-12H2,1H3. The lowest BCUT2D eigenvalue weighted by atomic mass is 9.95. The first kappa shape index (κ1) is 14.9. The molecule has 0 aromatic heterocycles. The predicted octanol–water partition coefficient (Wildman–Crippen LogP) is 3.24. The molecule has 3 nitrogen and oxygen atoms in total. The highest BCUT2D eigenvalue weighted by molar-refractivity contribution is 7.99. The minimum absolute atomic E-state index is 0.0529. The van der Waals surface area contributed by atoms with Gasteiger partial charge in [-0.25, -0.2) is 0 Å². The van der Waals surface area contributed by atoms with E-state index in [9.17, 15) is 4.79 Å². The molecule has 1 N–H and O–H groups in total.